The smallest absolute Gasteiger partial charge is 0.103 e. The molecule has 0 saturated carbocycles. The van der Waals surface area contributed by atoms with E-state index in [0.29, 0.717) is 8.51 Å². The molecule has 4 rings (SSSR count). The highest BCUT2D eigenvalue weighted by Gasteiger charge is 2.25. The van der Waals surface area contributed by atoms with E-state index < -0.39 is 0 Å². The molecule has 4 aromatic rings. The Bertz CT molecular complexity index is 1030. The van der Waals surface area contributed by atoms with Gasteiger partial charge in [-0.2, -0.15) is 0 Å². The van der Waals surface area contributed by atoms with Crippen molar-refractivity contribution in [2.45, 2.75) is 65.7 Å². The Balaban J connectivity index is 0.000000252. The summed E-state index contributed by atoms with van der Waals surface area (Å²) in [6.45, 7) is 15.8. The van der Waals surface area contributed by atoms with Crippen LogP contribution in [-0.2, 0) is 17.3 Å². The molecule has 0 atom stereocenters. The fourth-order valence-electron chi connectivity index (χ4n) is 3.33. The van der Waals surface area contributed by atoms with E-state index in [4.69, 9.17) is 0 Å². The molecule has 2 nitrogen and oxygen atoms in total. The molecule has 0 fully saturated rings. The summed E-state index contributed by atoms with van der Waals surface area (Å²) < 4.78 is 4.72. The first-order valence-electron chi connectivity index (χ1n) is 10.5. The summed E-state index contributed by atoms with van der Waals surface area (Å²) >= 11 is 0. The van der Waals surface area contributed by atoms with E-state index in [0.717, 1.165) is 6.42 Å². The molecule has 0 radical (unpaired) electrons. The maximum atomic E-state index is 2.36. The average Bonchev–Trinajstić information content (AvgIpc) is 3.05. The fourth-order valence-corrected chi connectivity index (χ4v) is 4.42. The van der Waals surface area contributed by atoms with E-state index in [2.05, 4.69) is 118 Å². The van der Waals surface area contributed by atoms with E-state index >= 15 is 0 Å². The van der Waals surface area contributed by atoms with Gasteiger partial charge in [-0.15, -0.1) is 8.33 Å². The normalized spacial score (nSPS) is 12.1. The van der Waals surface area contributed by atoms with Crippen molar-refractivity contribution >= 4 is 19.5 Å². The van der Waals surface area contributed by atoms with Gasteiger partial charge in [-0.25, -0.2) is 0 Å². The second-order valence-corrected chi connectivity index (χ2v) is 10.9. The summed E-state index contributed by atoms with van der Waals surface area (Å²) in [6.07, 6.45) is 5.61. The molecule has 0 bridgehead atoms. The van der Waals surface area contributed by atoms with Crippen molar-refractivity contribution in [1.82, 2.24) is 0 Å². The van der Waals surface area contributed by atoms with Crippen molar-refractivity contribution in [2.75, 3.05) is 0 Å². The molecule has 0 aliphatic carbocycles. The Labute approximate surface area is 177 Å². The first-order chi connectivity index (χ1) is 13.6. The van der Waals surface area contributed by atoms with Gasteiger partial charge in [0, 0.05) is 24.3 Å². The third kappa shape index (κ3) is 5.06. The van der Waals surface area contributed by atoms with Gasteiger partial charge in [-0.1, -0.05) is 78.8 Å². The lowest BCUT2D eigenvalue weighted by Crippen LogP contribution is -2.18. The van der Waals surface area contributed by atoms with Crippen LogP contribution in [0.2, 0.25) is 0 Å². The maximum Gasteiger partial charge on any atom is 0.399 e. The molecule has 0 aliphatic rings. The molecule has 0 N–H and O–H groups in total. The number of fused-ring (bicyclic) bond motifs is 3. The SMILES string of the molecule is CC(C)(C)c1cc[n+]2[pH][n+]3ccc(C(C)(C)C)cc3c2c1.CCc1ccccc1. The highest BCUT2D eigenvalue weighted by Crippen LogP contribution is 2.26. The van der Waals surface area contributed by atoms with Crippen LogP contribution in [0.15, 0.2) is 67.0 Å². The van der Waals surface area contributed by atoms with Crippen LogP contribution >= 0.6 is 8.51 Å². The van der Waals surface area contributed by atoms with Crippen LogP contribution in [-0.4, -0.2) is 0 Å². The number of hydrogen-bond acceptors (Lipinski definition) is 0. The van der Waals surface area contributed by atoms with Gasteiger partial charge >= 0.3 is 8.51 Å². The van der Waals surface area contributed by atoms with Gasteiger partial charge in [0.05, 0.1) is 0 Å². The number of hydrogen-bond donors (Lipinski definition) is 0. The fraction of sp³-hybridized carbons (Fsp3) is 0.385. The van der Waals surface area contributed by atoms with Crippen LogP contribution < -0.4 is 8.33 Å². The first-order valence-corrected chi connectivity index (χ1v) is 11.4. The van der Waals surface area contributed by atoms with Crippen LogP contribution in [0.5, 0.6) is 0 Å². The second kappa shape index (κ2) is 8.28. The van der Waals surface area contributed by atoms with Crippen LogP contribution in [0.25, 0.3) is 11.0 Å². The molecule has 29 heavy (non-hydrogen) atoms. The van der Waals surface area contributed by atoms with E-state index in [9.17, 15) is 0 Å². The highest BCUT2D eigenvalue weighted by molar-refractivity contribution is 7.12. The molecule has 1 aromatic carbocycles. The van der Waals surface area contributed by atoms with Crippen LogP contribution in [0.3, 0.4) is 0 Å². The van der Waals surface area contributed by atoms with Crippen molar-refractivity contribution in [3.8, 4) is 0 Å². The minimum absolute atomic E-state index is 0.188. The van der Waals surface area contributed by atoms with Crippen molar-refractivity contribution in [3.05, 3.63) is 83.7 Å². The minimum atomic E-state index is 0.188. The summed E-state index contributed by atoms with van der Waals surface area (Å²) in [6, 6.07) is 19.7. The summed E-state index contributed by atoms with van der Waals surface area (Å²) in [5, 5.41) is 0. The van der Waals surface area contributed by atoms with Gasteiger partial charge in [0.15, 0.2) is 12.4 Å². The van der Waals surface area contributed by atoms with Crippen LogP contribution in [0.1, 0.15) is 65.2 Å². The topological polar surface area (TPSA) is 8.20 Å². The van der Waals surface area contributed by atoms with Gasteiger partial charge in [-0.3, -0.25) is 0 Å². The molecule has 3 aromatic heterocycles. The molecular formula is C26H35N2P+2. The number of pyridine rings is 2. The van der Waals surface area contributed by atoms with Crippen molar-refractivity contribution in [3.63, 3.8) is 0 Å². The number of aryl methyl sites for hydroxylation is 1. The predicted octanol–water partition coefficient (Wildman–Crippen LogP) is 6.04. The Morgan fingerprint density at radius 2 is 1.14 bits per heavy atom. The molecule has 0 aliphatic heterocycles. The van der Waals surface area contributed by atoms with Gasteiger partial charge in [0.2, 0.25) is 0 Å². The summed E-state index contributed by atoms with van der Waals surface area (Å²) in [7, 11) is 0.644. The molecule has 3 heteroatoms. The van der Waals surface area contributed by atoms with Gasteiger partial charge in [0.25, 0.3) is 11.0 Å². The number of rotatable bonds is 1. The number of benzene rings is 1. The van der Waals surface area contributed by atoms with E-state index in [1.54, 1.807) is 0 Å². The Kier molecular flexibility index (Phi) is 6.15. The average molecular weight is 407 g/mol. The van der Waals surface area contributed by atoms with Crippen molar-refractivity contribution in [1.29, 1.82) is 0 Å². The zero-order chi connectivity index (χ0) is 21.2. The van der Waals surface area contributed by atoms with E-state index in [-0.39, 0.29) is 10.8 Å². The Hall–Kier alpha value is -2.18. The third-order valence-corrected chi connectivity index (χ3v) is 6.58. The zero-order valence-electron chi connectivity index (χ0n) is 19.0. The first kappa shape index (κ1) is 21.5. The lowest BCUT2D eigenvalue weighted by atomic mass is 9.86. The summed E-state index contributed by atoms with van der Waals surface area (Å²) in [5.41, 5.74) is 7.26. The van der Waals surface area contributed by atoms with Crippen LogP contribution in [0.4, 0.5) is 0 Å². The quantitative estimate of drug-likeness (QED) is 0.364. The largest absolute Gasteiger partial charge is 0.399 e. The lowest BCUT2D eigenvalue weighted by Gasteiger charge is -2.17. The van der Waals surface area contributed by atoms with E-state index in [1.165, 1.54) is 27.7 Å². The molecular weight excluding hydrogens is 371 g/mol. The second-order valence-electron chi connectivity index (χ2n) is 9.78. The summed E-state index contributed by atoms with van der Waals surface area (Å²) in [5.74, 6) is 0. The summed E-state index contributed by atoms with van der Waals surface area (Å²) in [4.78, 5) is 0. The van der Waals surface area contributed by atoms with E-state index in [1.807, 2.05) is 6.07 Å². The lowest BCUT2D eigenvalue weighted by molar-refractivity contribution is -0.485. The van der Waals surface area contributed by atoms with Crippen LogP contribution in [0, 0.1) is 0 Å². The maximum absolute atomic E-state index is 2.36. The van der Waals surface area contributed by atoms with Gasteiger partial charge in [-0.05, 0) is 33.9 Å². The minimum Gasteiger partial charge on any atom is -0.103 e. The third-order valence-electron chi connectivity index (χ3n) is 5.37. The Morgan fingerprint density at radius 3 is 1.48 bits per heavy atom. The molecule has 0 amide bonds. The molecule has 0 unspecified atom stereocenters. The molecule has 3 heterocycles. The monoisotopic (exact) mass is 406 g/mol. The number of nitrogens with zero attached hydrogens (tertiary/aromatic N) is 2. The van der Waals surface area contributed by atoms with Gasteiger partial charge < -0.3 is 0 Å². The number of aromatic nitrogens is 2. The van der Waals surface area contributed by atoms with Crippen molar-refractivity contribution in [2.24, 2.45) is 0 Å². The highest BCUT2D eigenvalue weighted by atomic mass is 31.1. The molecule has 0 saturated heterocycles. The standard InChI is InChI=1S/C18H25N2P.C8H10/c1-17(2,3)13-7-9-19-15(11-13)16-12-14(18(4,5)6)8-10-20(16)21-19;1-2-8-6-4-3-5-7-8/h7-12,21H,1-6H3;3-7H,2H2,1H3/q+2;. The van der Waals surface area contributed by atoms with Gasteiger partial charge in [0.1, 0.15) is 0 Å². The predicted molar refractivity (Wildman–Crippen MR) is 125 cm³/mol. The molecule has 152 valence electrons. The zero-order valence-corrected chi connectivity index (χ0v) is 20.0. The van der Waals surface area contributed by atoms with Crippen molar-refractivity contribution < 1.29 is 8.33 Å². The molecule has 0 spiro atoms. The Morgan fingerprint density at radius 1 is 0.690 bits per heavy atom.